The van der Waals surface area contributed by atoms with Crippen LogP contribution in [0, 0.1) is 0 Å². The summed E-state index contributed by atoms with van der Waals surface area (Å²) in [5.74, 6) is 2.02. The Bertz CT molecular complexity index is 576. The number of carbonyl (C=O) groups excluding carboxylic acids is 1. The van der Waals surface area contributed by atoms with Crippen molar-refractivity contribution in [3.05, 3.63) is 54.1 Å². The molecule has 0 aromatic heterocycles. The molecule has 3 nitrogen and oxygen atoms in total. The Morgan fingerprint density at radius 1 is 1.05 bits per heavy atom. The fourth-order valence-corrected chi connectivity index (χ4v) is 1.77. The van der Waals surface area contributed by atoms with E-state index in [-0.39, 0.29) is 5.78 Å². The number of ketones is 1. The molecule has 0 heterocycles. The zero-order valence-corrected chi connectivity index (χ0v) is 11.1. The number of para-hydroxylation sites is 2. The lowest BCUT2D eigenvalue weighted by molar-refractivity contribution is 0.0988. The lowest BCUT2D eigenvalue weighted by atomic mass is 10.1. The Morgan fingerprint density at radius 3 is 2.47 bits per heavy atom. The summed E-state index contributed by atoms with van der Waals surface area (Å²) in [5, 5.41) is 0. The van der Waals surface area contributed by atoms with E-state index < -0.39 is 0 Å². The Kier molecular flexibility index (Phi) is 4.18. The van der Waals surface area contributed by atoms with Gasteiger partial charge in [-0.2, -0.15) is 0 Å². The molecule has 0 spiro atoms. The van der Waals surface area contributed by atoms with Crippen LogP contribution in [-0.4, -0.2) is 12.9 Å². The van der Waals surface area contributed by atoms with Gasteiger partial charge in [-0.05, 0) is 24.3 Å². The average molecular weight is 256 g/mol. The van der Waals surface area contributed by atoms with E-state index in [0.29, 0.717) is 29.2 Å². The molecule has 0 radical (unpaired) electrons. The van der Waals surface area contributed by atoms with Gasteiger partial charge in [-0.3, -0.25) is 4.79 Å². The summed E-state index contributed by atoms with van der Waals surface area (Å²) >= 11 is 0. The highest BCUT2D eigenvalue weighted by molar-refractivity contribution is 5.96. The first-order valence-corrected chi connectivity index (χ1v) is 6.18. The van der Waals surface area contributed by atoms with E-state index in [4.69, 9.17) is 9.47 Å². The van der Waals surface area contributed by atoms with Gasteiger partial charge in [0.2, 0.25) is 0 Å². The van der Waals surface area contributed by atoms with Gasteiger partial charge in [0.05, 0.1) is 7.11 Å². The third kappa shape index (κ3) is 3.13. The van der Waals surface area contributed by atoms with Crippen molar-refractivity contribution in [2.24, 2.45) is 0 Å². The van der Waals surface area contributed by atoms with Crippen molar-refractivity contribution in [1.29, 1.82) is 0 Å². The average Bonchev–Trinajstić information content (AvgIpc) is 2.47. The van der Waals surface area contributed by atoms with Gasteiger partial charge >= 0.3 is 0 Å². The fourth-order valence-electron chi connectivity index (χ4n) is 1.77. The minimum Gasteiger partial charge on any atom is -0.493 e. The second-order valence-electron chi connectivity index (χ2n) is 4.06. The molecule has 0 saturated carbocycles. The van der Waals surface area contributed by atoms with E-state index in [0.717, 1.165) is 0 Å². The van der Waals surface area contributed by atoms with Gasteiger partial charge in [0.15, 0.2) is 17.3 Å². The van der Waals surface area contributed by atoms with Crippen LogP contribution in [0.25, 0.3) is 0 Å². The van der Waals surface area contributed by atoms with Crippen molar-refractivity contribution >= 4 is 5.78 Å². The van der Waals surface area contributed by atoms with Gasteiger partial charge in [0, 0.05) is 12.0 Å². The van der Waals surface area contributed by atoms with Crippen LogP contribution in [0.2, 0.25) is 0 Å². The molecule has 0 amide bonds. The standard InChI is InChI=1S/C16H16O3/c1-3-14(17)12-7-6-8-13(11-12)19-16-10-5-4-9-15(16)18-2/h4-11H,3H2,1-2H3. The van der Waals surface area contributed by atoms with Crippen molar-refractivity contribution in [3.63, 3.8) is 0 Å². The second-order valence-corrected chi connectivity index (χ2v) is 4.06. The van der Waals surface area contributed by atoms with Gasteiger partial charge in [-0.25, -0.2) is 0 Å². The number of benzene rings is 2. The van der Waals surface area contributed by atoms with Crippen molar-refractivity contribution in [2.75, 3.05) is 7.11 Å². The van der Waals surface area contributed by atoms with E-state index in [1.807, 2.05) is 43.3 Å². The van der Waals surface area contributed by atoms with Crippen LogP contribution in [0.5, 0.6) is 17.2 Å². The highest BCUT2D eigenvalue weighted by Gasteiger charge is 2.07. The quantitative estimate of drug-likeness (QED) is 0.756. The van der Waals surface area contributed by atoms with Crippen LogP contribution in [0.1, 0.15) is 23.7 Å². The number of hydrogen-bond acceptors (Lipinski definition) is 3. The molecular formula is C16H16O3. The third-order valence-corrected chi connectivity index (χ3v) is 2.77. The molecule has 0 N–H and O–H groups in total. The van der Waals surface area contributed by atoms with Crippen LogP contribution in [0.4, 0.5) is 0 Å². The lowest BCUT2D eigenvalue weighted by Crippen LogP contribution is -1.97. The molecule has 98 valence electrons. The lowest BCUT2D eigenvalue weighted by Gasteiger charge is -2.10. The Labute approximate surface area is 112 Å². The smallest absolute Gasteiger partial charge is 0.169 e. The SMILES string of the molecule is CCC(=O)c1cccc(Oc2ccccc2OC)c1. The zero-order chi connectivity index (χ0) is 13.7. The molecule has 0 aliphatic rings. The van der Waals surface area contributed by atoms with Crippen molar-refractivity contribution < 1.29 is 14.3 Å². The maximum atomic E-state index is 11.7. The van der Waals surface area contributed by atoms with Crippen LogP contribution >= 0.6 is 0 Å². The van der Waals surface area contributed by atoms with Crippen molar-refractivity contribution in [1.82, 2.24) is 0 Å². The van der Waals surface area contributed by atoms with Gasteiger partial charge in [-0.15, -0.1) is 0 Å². The van der Waals surface area contributed by atoms with Crippen molar-refractivity contribution in [2.45, 2.75) is 13.3 Å². The first-order chi connectivity index (χ1) is 9.24. The summed E-state index contributed by atoms with van der Waals surface area (Å²) in [6, 6.07) is 14.6. The summed E-state index contributed by atoms with van der Waals surface area (Å²) in [7, 11) is 1.60. The van der Waals surface area contributed by atoms with Crippen molar-refractivity contribution in [3.8, 4) is 17.2 Å². The highest BCUT2D eigenvalue weighted by atomic mass is 16.5. The highest BCUT2D eigenvalue weighted by Crippen LogP contribution is 2.31. The third-order valence-electron chi connectivity index (χ3n) is 2.77. The predicted octanol–water partition coefficient (Wildman–Crippen LogP) is 4.08. The van der Waals surface area contributed by atoms with Crippen LogP contribution in [0.15, 0.2) is 48.5 Å². The summed E-state index contributed by atoms with van der Waals surface area (Å²) in [6.07, 6.45) is 0.484. The van der Waals surface area contributed by atoms with Gasteiger partial charge < -0.3 is 9.47 Å². The summed E-state index contributed by atoms with van der Waals surface area (Å²) in [4.78, 5) is 11.7. The second kappa shape index (κ2) is 6.05. The molecule has 0 aliphatic carbocycles. The van der Waals surface area contributed by atoms with E-state index in [1.165, 1.54) is 0 Å². The Hall–Kier alpha value is -2.29. The summed E-state index contributed by atoms with van der Waals surface area (Å²) < 4.78 is 11.0. The zero-order valence-electron chi connectivity index (χ0n) is 11.1. The van der Waals surface area contributed by atoms with Gasteiger partial charge in [-0.1, -0.05) is 31.2 Å². The normalized spacial score (nSPS) is 10.0. The Morgan fingerprint density at radius 2 is 1.79 bits per heavy atom. The summed E-state index contributed by atoms with van der Waals surface area (Å²) in [6.45, 7) is 1.84. The van der Waals surface area contributed by atoms with E-state index in [1.54, 1.807) is 19.2 Å². The maximum Gasteiger partial charge on any atom is 0.169 e. The molecule has 0 unspecified atom stereocenters. The molecule has 0 fully saturated rings. The van der Waals surface area contributed by atoms with Crippen LogP contribution < -0.4 is 9.47 Å². The number of carbonyl (C=O) groups is 1. The van der Waals surface area contributed by atoms with Gasteiger partial charge in [0.1, 0.15) is 5.75 Å². The molecule has 3 heteroatoms. The number of Topliss-reactive ketones (excluding diaryl/α,β-unsaturated/α-hetero) is 1. The van der Waals surface area contributed by atoms with E-state index in [9.17, 15) is 4.79 Å². The van der Waals surface area contributed by atoms with E-state index in [2.05, 4.69) is 0 Å². The van der Waals surface area contributed by atoms with Crippen LogP contribution in [0.3, 0.4) is 0 Å². The number of rotatable bonds is 5. The minimum atomic E-state index is 0.102. The monoisotopic (exact) mass is 256 g/mol. The molecule has 0 saturated heterocycles. The molecule has 2 rings (SSSR count). The first-order valence-electron chi connectivity index (χ1n) is 6.18. The minimum absolute atomic E-state index is 0.102. The molecule has 19 heavy (non-hydrogen) atoms. The largest absolute Gasteiger partial charge is 0.493 e. The fraction of sp³-hybridized carbons (Fsp3) is 0.188. The molecule has 0 atom stereocenters. The Balaban J connectivity index is 2.26. The number of hydrogen-bond donors (Lipinski definition) is 0. The molecular weight excluding hydrogens is 240 g/mol. The first kappa shape index (κ1) is 13.1. The molecule has 2 aromatic carbocycles. The predicted molar refractivity (Wildman–Crippen MR) is 74.1 cm³/mol. The molecule has 2 aromatic rings. The topological polar surface area (TPSA) is 35.5 Å². The molecule has 0 bridgehead atoms. The number of ether oxygens (including phenoxy) is 2. The maximum absolute atomic E-state index is 11.7. The van der Waals surface area contributed by atoms with Gasteiger partial charge in [0.25, 0.3) is 0 Å². The van der Waals surface area contributed by atoms with E-state index >= 15 is 0 Å². The number of methoxy groups -OCH3 is 1. The molecule has 0 aliphatic heterocycles. The van der Waals surface area contributed by atoms with Crippen LogP contribution in [-0.2, 0) is 0 Å². The summed E-state index contributed by atoms with van der Waals surface area (Å²) in [5.41, 5.74) is 0.662.